The van der Waals surface area contributed by atoms with Crippen LogP contribution in [-0.4, -0.2) is 21.3 Å². The van der Waals surface area contributed by atoms with Gasteiger partial charge in [-0.1, -0.05) is 48.3 Å². The van der Waals surface area contributed by atoms with Gasteiger partial charge in [0, 0.05) is 12.3 Å². The van der Waals surface area contributed by atoms with E-state index in [1.165, 1.54) is 11.8 Å². The largest absolute Gasteiger partial charge is 0.360 e. The normalized spacial score (nSPS) is 12.1. The zero-order valence-corrected chi connectivity index (χ0v) is 14.1. The summed E-state index contributed by atoms with van der Waals surface area (Å²) in [5.41, 5.74) is 0. The van der Waals surface area contributed by atoms with Crippen molar-refractivity contribution in [2.24, 2.45) is 0 Å². The number of halogens is 1. The van der Waals surface area contributed by atoms with Crippen molar-refractivity contribution < 1.29 is 9.32 Å². The molecule has 2 aromatic heterocycles. The van der Waals surface area contributed by atoms with Gasteiger partial charge < -0.3 is 9.84 Å². The molecule has 2 heterocycles. The molecule has 118 valence electrons. The molecule has 0 aliphatic rings. The van der Waals surface area contributed by atoms with Crippen LogP contribution >= 0.6 is 23.4 Å². The van der Waals surface area contributed by atoms with Gasteiger partial charge in [-0.3, -0.25) is 4.79 Å². The zero-order valence-electron chi connectivity index (χ0n) is 12.5. The average Bonchev–Trinajstić information content (AvgIpc) is 2.90. The fourth-order valence-corrected chi connectivity index (χ4v) is 2.96. The van der Waals surface area contributed by atoms with E-state index in [-0.39, 0.29) is 11.2 Å². The van der Waals surface area contributed by atoms with Crippen molar-refractivity contribution in [3.63, 3.8) is 0 Å². The molecule has 0 saturated heterocycles. The minimum absolute atomic E-state index is 0.0940. The molecule has 5 nitrogen and oxygen atoms in total. The topological polar surface area (TPSA) is 68.0 Å². The molecule has 0 saturated carbocycles. The highest BCUT2D eigenvalue weighted by atomic mass is 35.5. The third-order valence-electron chi connectivity index (χ3n) is 2.95. The zero-order chi connectivity index (χ0) is 15.9. The smallest absolute Gasteiger partial charge is 0.239 e. The van der Waals surface area contributed by atoms with Crippen LogP contribution in [0.15, 0.2) is 33.9 Å². The molecule has 2 aromatic rings. The summed E-state index contributed by atoms with van der Waals surface area (Å²) in [6, 6.07) is 5.28. The van der Waals surface area contributed by atoms with E-state index in [1.807, 2.05) is 6.07 Å². The molecular formula is C15H18ClN3O2S. The Bertz CT molecular complexity index is 616. The predicted molar refractivity (Wildman–Crippen MR) is 88.3 cm³/mol. The number of thioether (sulfide) groups is 1. The number of hydrogen-bond acceptors (Lipinski definition) is 5. The van der Waals surface area contributed by atoms with Gasteiger partial charge in [0.1, 0.15) is 5.76 Å². The summed E-state index contributed by atoms with van der Waals surface area (Å²) in [7, 11) is 0. The van der Waals surface area contributed by atoms with E-state index in [4.69, 9.17) is 16.1 Å². The highest BCUT2D eigenvalue weighted by Crippen LogP contribution is 2.27. The Labute approximate surface area is 138 Å². The quantitative estimate of drug-likeness (QED) is 0.761. The Morgan fingerprint density at radius 1 is 1.50 bits per heavy atom. The molecule has 0 fully saturated rings. The Balaban J connectivity index is 2.03. The van der Waals surface area contributed by atoms with Crippen molar-refractivity contribution in [2.75, 3.05) is 5.32 Å². The summed E-state index contributed by atoms with van der Waals surface area (Å²) in [6.07, 6.45) is 4.35. The minimum atomic E-state index is -0.231. The number of carbonyl (C=O) groups excluding carboxylic acids is 1. The fraction of sp³-hybridized carbons (Fsp3) is 0.400. The van der Waals surface area contributed by atoms with E-state index in [0.29, 0.717) is 16.6 Å². The van der Waals surface area contributed by atoms with Gasteiger partial charge >= 0.3 is 0 Å². The van der Waals surface area contributed by atoms with E-state index in [1.54, 1.807) is 25.3 Å². The molecule has 0 aromatic carbocycles. The molecule has 22 heavy (non-hydrogen) atoms. The lowest BCUT2D eigenvalue weighted by Gasteiger charge is -2.14. The lowest BCUT2D eigenvalue weighted by atomic mass is 10.2. The molecule has 0 spiro atoms. The van der Waals surface area contributed by atoms with Crippen LogP contribution in [0.2, 0.25) is 5.02 Å². The molecule has 0 bridgehead atoms. The molecule has 1 atom stereocenters. The fourth-order valence-electron chi connectivity index (χ4n) is 1.84. The molecule has 0 aliphatic heterocycles. The highest BCUT2D eigenvalue weighted by Gasteiger charge is 2.21. The standard InChI is InChI=1S/C15H18ClN3O2S/c1-3-4-5-12(22-14-7-6-11(16)9-17-14)15(20)18-13-8-10(2)21-19-13/h6-9,12H,3-5H2,1-2H3,(H,18,19,20). The predicted octanol–water partition coefficient (Wildman–Crippen LogP) is 4.32. The number of nitrogens with zero attached hydrogens (tertiary/aromatic N) is 2. The second-order valence-corrected chi connectivity index (χ2v) is 6.53. The molecule has 1 N–H and O–H groups in total. The maximum absolute atomic E-state index is 12.4. The molecule has 0 aliphatic carbocycles. The summed E-state index contributed by atoms with van der Waals surface area (Å²) in [4.78, 5) is 16.7. The van der Waals surface area contributed by atoms with Gasteiger partial charge in [-0.25, -0.2) is 4.98 Å². The van der Waals surface area contributed by atoms with E-state index >= 15 is 0 Å². The summed E-state index contributed by atoms with van der Waals surface area (Å²) < 4.78 is 4.96. The van der Waals surface area contributed by atoms with E-state index in [9.17, 15) is 4.79 Å². The van der Waals surface area contributed by atoms with Gasteiger partial charge in [-0.05, 0) is 25.5 Å². The number of aromatic nitrogens is 2. The van der Waals surface area contributed by atoms with Gasteiger partial charge in [0.05, 0.1) is 15.3 Å². The molecule has 2 rings (SSSR count). The Morgan fingerprint density at radius 3 is 2.91 bits per heavy atom. The molecule has 0 radical (unpaired) electrons. The second kappa shape index (κ2) is 8.19. The van der Waals surface area contributed by atoms with E-state index < -0.39 is 0 Å². The summed E-state index contributed by atoms with van der Waals surface area (Å²) in [5, 5.41) is 7.70. The monoisotopic (exact) mass is 339 g/mol. The van der Waals surface area contributed by atoms with Crippen molar-refractivity contribution in [3.8, 4) is 0 Å². The Kier molecular flexibility index (Phi) is 6.27. The number of carbonyl (C=O) groups is 1. The first-order chi connectivity index (χ1) is 10.6. The SMILES string of the molecule is CCCCC(Sc1ccc(Cl)cn1)C(=O)Nc1cc(C)on1. The first-order valence-electron chi connectivity index (χ1n) is 7.11. The van der Waals surface area contributed by atoms with Gasteiger partial charge in [0.15, 0.2) is 5.82 Å². The maximum Gasteiger partial charge on any atom is 0.239 e. The number of anilines is 1. The third-order valence-corrected chi connectivity index (χ3v) is 4.40. The first kappa shape index (κ1) is 16.8. The Morgan fingerprint density at radius 2 is 2.32 bits per heavy atom. The average molecular weight is 340 g/mol. The van der Waals surface area contributed by atoms with Gasteiger partial charge in [0.2, 0.25) is 5.91 Å². The summed E-state index contributed by atoms with van der Waals surface area (Å²) >= 11 is 7.27. The molecule has 1 amide bonds. The molecule has 7 heteroatoms. The highest BCUT2D eigenvalue weighted by molar-refractivity contribution is 8.00. The molecule has 1 unspecified atom stereocenters. The van der Waals surface area contributed by atoms with Crippen molar-refractivity contribution in [1.82, 2.24) is 10.1 Å². The number of nitrogens with one attached hydrogen (secondary N) is 1. The number of amides is 1. The second-order valence-electron chi connectivity index (χ2n) is 4.88. The van der Waals surface area contributed by atoms with Gasteiger partial charge in [-0.15, -0.1) is 0 Å². The van der Waals surface area contributed by atoms with Crippen molar-refractivity contribution >= 4 is 35.1 Å². The lowest BCUT2D eigenvalue weighted by molar-refractivity contribution is -0.115. The Hall–Kier alpha value is -1.53. The van der Waals surface area contributed by atoms with Crippen LogP contribution < -0.4 is 5.32 Å². The number of unbranched alkanes of at least 4 members (excludes halogenated alkanes) is 1. The first-order valence-corrected chi connectivity index (χ1v) is 8.36. The summed E-state index contributed by atoms with van der Waals surface area (Å²) in [6.45, 7) is 3.88. The number of rotatable bonds is 7. The van der Waals surface area contributed by atoms with Crippen LogP contribution in [0.4, 0.5) is 5.82 Å². The minimum Gasteiger partial charge on any atom is -0.360 e. The van der Waals surface area contributed by atoms with E-state index in [2.05, 4.69) is 22.4 Å². The van der Waals surface area contributed by atoms with Crippen molar-refractivity contribution in [1.29, 1.82) is 0 Å². The van der Waals surface area contributed by atoms with E-state index in [0.717, 1.165) is 24.3 Å². The van der Waals surface area contributed by atoms with Crippen LogP contribution in [0, 0.1) is 6.92 Å². The number of aryl methyl sites for hydroxylation is 1. The van der Waals surface area contributed by atoms with Gasteiger partial charge in [-0.2, -0.15) is 0 Å². The van der Waals surface area contributed by atoms with Crippen LogP contribution in [-0.2, 0) is 4.79 Å². The number of pyridine rings is 1. The van der Waals surface area contributed by atoms with Crippen LogP contribution in [0.1, 0.15) is 31.9 Å². The van der Waals surface area contributed by atoms with Gasteiger partial charge in [0.25, 0.3) is 0 Å². The summed E-state index contributed by atoms with van der Waals surface area (Å²) in [5.74, 6) is 1.00. The van der Waals surface area contributed by atoms with Crippen LogP contribution in [0.25, 0.3) is 0 Å². The number of hydrogen-bond donors (Lipinski definition) is 1. The van der Waals surface area contributed by atoms with Crippen LogP contribution in [0.5, 0.6) is 0 Å². The van der Waals surface area contributed by atoms with Crippen LogP contribution in [0.3, 0.4) is 0 Å². The van der Waals surface area contributed by atoms with Crippen molar-refractivity contribution in [2.45, 2.75) is 43.4 Å². The lowest BCUT2D eigenvalue weighted by Crippen LogP contribution is -2.25. The maximum atomic E-state index is 12.4. The molecular weight excluding hydrogens is 322 g/mol. The van der Waals surface area contributed by atoms with Crippen molar-refractivity contribution in [3.05, 3.63) is 35.2 Å². The third kappa shape index (κ3) is 5.03.